The Morgan fingerprint density at radius 1 is 1.25 bits per heavy atom. The predicted octanol–water partition coefficient (Wildman–Crippen LogP) is 0.0701. The summed E-state index contributed by atoms with van der Waals surface area (Å²) in [4.78, 5) is 0. The van der Waals surface area contributed by atoms with Crippen molar-refractivity contribution in [1.29, 1.82) is 0 Å². The highest BCUT2D eigenvalue weighted by atomic mass is 15.9. The van der Waals surface area contributed by atoms with E-state index in [1.54, 1.807) is 0 Å². The molecule has 0 spiro atoms. The van der Waals surface area contributed by atoms with Crippen molar-refractivity contribution in [3.63, 3.8) is 0 Å². The van der Waals surface area contributed by atoms with Gasteiger partial charge in [-0.25, -0.2) is 5.53 Å². The molecule has 0 bridgehead atoms. The van der Waals surface area contributed by atoms with E-state index >= 15 is 0 Å². The third kappa shape index (κ3) is 1.45. The summed E-state index contributed by atoms with van der Waals surface area (Å²) >= 11 is 0. The minimum Gasteiger partial charge on any atom is -0.367 e. The Labute approximate surface area is 73.1 Å². The Kier molecular flexibility index (Phi) is 2.42. The molecule has 12 heavy (non-hydrogen) atoms. The van der Waals surface area contributed by atoms with E-state index < -0.39 is 0 Å². The molecular formula is C7H17N5. The van der Waals surface area contributed by atoms with Gasteiger partial charge in [0.25, 0.3) is 0 Å². The summed E-state index contributed by atoms with van der Waals surface area (Å²) in [6, 6.07) is 0.670. The van der Waals surface area contributed by atoms with Gasteiger partial charge in [-0.15, -0.1) is 10.2 Å². The lowest BCUT2D eigenvalue weighted by Crippen LogP contribution is -2.54. The molecule has 0 fully saturated rings. The van der Waals surface area contributed by atoms with E-state index in [0.717, 1.165) is 0 Å². The summed E-state index contributed by atoms with van der Waals surface area (Å²) in [6.45, 7) is 8.31. The highest BCUT2D eigenvalue weighted by Gasteiger charge is 2.27. The molecule has 0 aromatic heterocycles. The molecule has 5 nitrogen and oxygen atoms in total. The van der Waals surface area contributed by atoms with Crippen LogP contribution < -0.4 is 11.3 Å². The highest BCUT2D eigenvalue weighted by molar-refractivity contribution is 5.78. The number of nitrogens with two attached hydrogens (primary N) is 1. The summed E-state index contributed by atoms with van der Waals surface area (Å²) in [5.41, 5.74) is 8.54. The number of nitrogens with one attached hydrogen (secondary N) is 1. The molecule has 0 aliphatic carbocycles. The number of hydrogen-bond acceptors (Lipinski definition) is 5. The van der Waals surface area contributed by atoms with Gasteiger partial charge < -0.3 is 5.73 Å². The van der Waals surface area contributed by atoms with Crippen molar-refractivity contribution in [1.82, 2.24) is 15.7 Å². The fourth-order valence-corrected chi connectivity index (χ4v) is 1.19. The first-order valence-electron chi connectivity index (χ1n) is 4.21. The van der Waals surface area contributed by atoms with Crippen LogP contribution in [0.4, 0.5) is 0 Å². The second kappa shape index (κ2) is 3.18. The molecule has 0 unspecified atom stereocenters. The molecule has 0 saturated heterocycles. The SMILES string of the molecule is CC(C)N1NN=C(N)N1C(C)C. The first-order valence-corrected chi connectivity index (χ1v) is 4.21. The number of guanidine groups is 1. The monoisotopic (exact) mass is 171 g/mol. The molecule has 1 heterocycles. The van der Waals surface area contributed by atoms with Gasteiger partial charge in [-0.1, -0.05) is 0 Å². The summed E-state index contributed by atoms with van der Waals surface area (Å²) in [7, 11) is 0. The van der Waals surface area contributed by atoms with Crippen LogP contribution in [0, 0.1) is 0 Å². The maximum absolute atomic E-state index is 5.68. The molecule has 5 heteroatoms. The van der Waals surface area contributed by atoms with E-state index in [9.17, 15) is 0 Å². The molecule has 0 aromatic rings. The predicted molar refractivity (Wildman–Crippen MR) is 48.7 cm³/mol. The molecule has 0 saturated carbocycles. The molecule has 3 N–H and O–H groups in total. The Morgan fingerprint density at radius 3 is 2.17 bits per heavy atom. The smallest absolute Gasteiger partial charge is 0.231 e. The Morgan fingerprint density at radius 2 is 1.83 bits per heavy atom. The van der Waals surface area contributed by atoms with Crippen LogP contribution in [0.1, 0.15) is 27.7 Å². The van der Waals surface area contributed by atoms with Crippen LogP contribution in [-0.2, 0) is 0 Å². The van der Waals surface area contributed by atoms with Crippen LogP contribution in [0.15, 0.2) is 5.10 Å². The molecule has 1 rings (SSSR count). The first kappa shape index (κ1) is 9.12. The second-order valence-electron chi connectivity index (χ2n) is 3.45. The minimum atomic E-state index is 0.325. The number of hydrogen-bond donors (Lipinski definition) is 2. The standard InChI is InChI=1S/C7H17N5/c1-5(2)11-7(8)9-10-12(11)6(3)4/h5-6,10H,1-4H3,(H2,8,9). The molecule has 0 atom stereocenters. The lowest BCUT2D eigenvalue weighted by atomic mass is 10.3. The zero-order valence-electron chi connectivity index (χ0n) is 8.07. The van der Waals surface area contributed by atoms with E-state index in [1.165, 1.54) is 0 Å². The molecule has 1 aliphatic rings. The number of nitrogens with zero attached hydrogens (tertiary/aromatic N) is 3. The molecule has 0 radical (unpaired) electrons. The van der Waals surface area contributed by atoms with E-state index in [0.29, 0.717) is 18.0 Å². The van der Waals surface area contributed by atoms with Crippen LogP contribution in [0.3, 0.4) is 0 Å². The molecular weight excluding hydrogens is 154 g/mol. The van der Waals surface area contributed by atoms with Crippen LogP contribution in [0.5, 0.6) is 0 Å². The fourth-order valence-electron chi connectivity index (χ4n) is 1.19. The number of hydrazone groups is 1. The van der Waals surface area contributed by atoms with Gasteiger partial charge in [0.05, 0.1) is 0 Å². The van der Waals surface area contributed by atoms with Crippen molar-refractivity contribution in [3.8, 4) is 0 Å². The van der Waals surface area contributed by atoms with Crippen molar-refractivity contribution in [3.05, 3.63) is 0 Å². The lowest BCUT2D eigenvalue weighted by Gasteiger charge is -2.33. The van der Waals surface area contributed by atoms with Crippen LogP contribution >= 0.6 is 0 Å². The first-order chi connectivity index (χ1) is 5.54. The average Bonchev–Trinajstić information content (AvgIpc) is 2.30. The quantitative estimate of drug-likeness (QED) is 0.617. The van der Waals surface area contributed by atoms with Crippen molar-refractivity contribution < 1.29 is 0 Å². The third-order valence-corrected chi connectivity index (χ3v) is 1.71. The molecule has 70 valence electrons. The van der Waals surface area contributed by atoms with Crippen LogP contribution in [-0.4, -0.2) is 28.2 Å². The van der Waals surface area contributed by atoms with Crippen molar-refractivity contribution in [2.45, 2.75) is 39.8 Å². The largest absolute Gasteiger partial charge is 0.367 e. The fraction of sp³-hybridized carbons (Fsp3) is 0.857. The van der Waals surface area contributed by atoms with E-state index in [1.807, 2.05) is 10.1 Å². The maximum Gasteiger partial charge on any atom is 0.231 e. The van der Waals surface area contributed by atoms with E-state index in [4.69, 9.17) is 5.73 Å². The minimum absolute atomic E-state index is 0.325. The normalized spacial score (nSPS) is 18.8. The zero-order valence-corrected chi connectivity index (χ0v) is 8.07. The number of hydrazine groups is 2. The van der Waals surface area contributed by atoms with Crippen molar-refractivity contribution in [2.75, 3.05) is 0 Å². The van der Waals surface area contributed by atoms with Crippen molar-refractivity contribution in [2.24, 2.45) is 10.8 Å². The highest BCUT2D eigenvalue weighted by Crippen LogP contribution is 2.09. The van der Waals surface area contributed by atoms with E-state index in [-0.39, 0.29) is 0 Å². The summed E-state index contributed by atoms with van der Waals surface area (Å²) in [6.07, 6.45) is 0. The van der Waals surface area contributed by atoms with Gasteiger partial charge in [0.1, 0.15) is 0 Å². The molecule has 0 amide bonds. The van der Waals surface area contributed by atoms with Gasteiger partial charge in [-0.05, 0) is 27.7 Å². The Hall–Kier alpha value is -0.970. The van der Waals surface area contributed by atoms with E-state index in [2.05, 4.69) is 38.3 Å². The Balaban J connectivity index is 2.70. The van der Waals surface area contributed by atoms with Gasteiger partial charge in [0.2, 0.25) is 5.96 Å². The van der Waals surface area contributed by atoms with Crippen molar-refractivity contribution >= 4 is 5.96 Å². The third-order valence-electron chi connectivity index (χ3n) is 1.71. The van der Waals surface area contributed by atoms with Gasteiger partial charge >= 0.3 is 0 Å². The lowest BCUT2D eigenvalue weighted by molar-refractivity contribution is -0.0366. The Bertz CT molecular complexity index is 186. The average molecular weight is 171 g/mol. The van der Waals surface area contributed by atoms with Gasteiger partial charge in [0.15, 0.2) is 0 Å². The van der Waals surface area contributed by atoms with Crippen LogP contribution in [0.25, 0.3) is 0 Å². The van der Waals surface area contributed by atoms with Gasteiger partial charge in [-0.2, -0.15) is 0 Å². The zero-order chi connectivity index (χ0) is 9.30. The maximum atomic E-state index is 5.68. The van der Waals surface area contributed by atoms with Crippen LogP contribution in [0.2, 0.25) is 0 Å². The van der Waals surface area contributed by atoms with Gasteiger partial charge in [0, 0.05) is 12.1 Å². The molecule has 1 aliphatic heterocycles. The molecule has 0 aromatic carbocycles. The number of rotatable bonds is 2. The topological polar surface area (TPSA) is 56.9 Å². The summed E-state index contributed by atoms with van der Waals surface area (Å²) in [5, 5.41) is 7.79. The second-order valence-corrected chi connectivity index (χ2v) is 3.45. The summed E-state index contributed by atoms with van der Waals surface area (Å²) < 4.78 is 0. The summed E-state index contributed by atoms with van der Waals surface area (Å²) in [5.74, 6) is 0.527. The van der Waals surface area contributed by atoms with Gasteiger partial charge in [-0.3, -0.25) is 5.01 Å².